The van der Waals surface area contributed by atoms with Gasteiger partial charge in [0.05, 0.1) is 23.0 Å². The first-order valence-corrected chi connectivity index (χ1v) is 13.4. The van der Waals surface area contributed by atoms with Gasteiger partial charge in [0.2, 0.25) is 0 Å². The van der Waals surface area contributed by atoms with Gasteiger partial charge in [-0.15, -0.1) is 0 Å². The fourth-order valence-corrected chi connectivity index (χ4v) is 5.38. The molecule has 0 amide bonds. The maximum Gasteiger partial charge on any atom is 0.262 e. The van der Waals surface area contributed by atoms with E-state index in [4.69, 9.17) is 9.47 Å². The van der Waals surface area contributed by atoms with Crippen molar-refractivity contribution in [2.45, 2.75) is 29.6 Å². The molecular weight excluding hydrogens is 464 g/mol. The molecule has 174 valence electrons. The number of aryl methyl sites for hydroxylation is 1. The van der Waals surface area contributed by atoms with Crippen LogP contribution < -0.4 is 18.9 Å². The molecule has 0 fully saturated rings. The van der Waals surface area contributed by atoms with Crippen molar-refractivity contribution in [3.63, 3.8) is 0 Å². The predicted octanol–water partition coefficient (Wildman–Crippen LogP) is 4.01. The van der Waals surface area contributed by atoms with E-state index in [1.54, 1.807) is 30.3 Å². The SMILES string of the molecule is CCc1ccc(S(=O)(=O)Nc2ccc(NS(=O)(=O)c3ccc4c(c3)OCCCO4)cc2)cc1. The van der Waals surface area contributed by atoms with Crippen LogP contribution in [0.4, 0.5) is 11.4 Å². The van der Waals surface area contributed by atoms with Crippen LogP contribution in [0, 0.1) is 0 Å². The monoisotopic (exact) mass is 488 g/mol. The van der Waals surface area contributed by atoms with E-state index in [9.17, 15) is 16.8 Å². The fraction of sp³-hybridized carbons (Fsp3) is 0.217. The Morgan fingerprint density at radius 3 is 1.79 bits per heavy atom. The standard InChI is InChI=1S/C23H24N2O6S2/c1-2-17-4-10-20(11-5-17)32(26,27)24-18-6-8-19(9-7-18)25-33(28,29)21-12-13-22-23(16-21)31-15-3-14-30-22/h4-13,16,24-25H,2-3,14-15H2,1H3. The molecule has 0 saturated heterocycles. The number of ether oxygens (including phenoxy) is 2. The highest BCUT2D eigenvalue weighted by molar-refractivity contribution is 7.93. The summed E-state index contributed by atoms with van der Waals surface area (Å²) in [5.74, 6) is 0.888. The molecule has 0 aliphatic carbocycles. The Balaban J connectivity index is 1.47. The second kappa shape index (κ2) is 9.32. The van der Waals surface area contributed by atoms with Gasteiger partial charge < -0.3 is 9.47 Å². The fourth-order valence-electron chi connectivity index (χ4n) is 3.25. The van der Waals surface area contributed by atoms with Gasteiger partial charge in [0.15, 0.2) is 11.5 Å². The summed E-state index contributed by atoms with van der Waals surface area (Å²) in [6.45, 7) is 2.95. The Kier molecular flexibility index (Phi) is 6.48. The third-order valence-electron chi connectivity index (χ3n) is 5.06. The van der Waals surface area contributed by atoms with Crippen molar-refractivity contribution in [3.8, 4) is 11.5 Å². The zero-order valence-electron chi connectivity index (χ0n) is 17.9. The number of anilines is 2. The highest BCUT2D eigenvalue weighted by atomic mass is 32.2. The van der Waals surface area contributed by atoms with E-state index in [1.807, 2.05) is 6.92 Å². The number of hydrogen-bond donors (Lipinski definition) is 2. The maximum absolute atomic E-state index is 12.8. The molecule has 33 heavy (non-hydrogen) atoms. The summed E-state index contributed by atoms with van der Waals surface area (Å²) in [6, 6.07) is 17.0. The number of nitrogens with one attached hydrogen (secondary N) is 2. The van der Waals surface area contributed by atoms with Crippen molar-refractivity contribution >= 4 is 31.4 Å². The molecule has 0 aromatic heterocycles. The molecule has 8 nitrogen and oxygen atoms in total. The minimum Gasteiger partial charge on any atom is -0.490 e. The summed E-state index contributed by atoms with van der Waals surface area (Å²) in [6.07, 6.45) is 1.53. The molecule has 3 aromatic rings. The van der Waals surface area contributed by atoms with Gasteiger partial charge in [0.25, 0.3) is 20.0 Å². The molecule has 2 N–H and O–H groups in total. The average Bonchev–Trinajstić information content (AvgIpc) is 3.05. The topological polar surface area (TPSA) is 111 Å². The van der Waals surface area contributed by atoms with E-state index in [-0.39, 0.29) is 15.5 Å². The third kappa shape index (κ3) is 5.40. The Morgan fingerprint density at radius 1 is 0.697 bits per heavy atom. The summed E-state index contributed by atoms with van der Waals surface area (Å²) in [5, 5.41) is 0. The lowest BCUT2D eigenvalue weighted by Gasteiger charge is -2.12. The molecule has 10 heteroatoms. The zero-order chi connectivity index (χ0) is 23.5. The maximum atomic E-state index is 12.8. The van der Waals surface area contributed by atoms with Gasteiger partial charge in [-0.25, -0.2) is 16.8 Å². The number of benzene rings is 3. The number of rotatable bonds is 7. The largest absolute Gasteiger partial charge is 0.490 e. The second-order valence-electron chi connectivity index (χ2n) is 7.44. The van der Waals surface area contributed by atoms with Crippen molar-refractivity contribution in [2.75, 3.05) is 22.7 Å². The van der Waals surface area contributed by atoms with Gasteiger partial charge in [-0.2, -0.15) is 0 Å². The smallest absolute Gasteiger partial charge is 0.262 e. The van der Waals surface area contributed by atoms with E-state index in [2.05, 4.69) is 9.44 Å². The molecule has 0 atom stereocenters. The molecule has 3 aromatic carbocycles. The van der Waals surface area contributed by atoms with Crippen LogP contribution in [0.15, 0.2) is 76.5 Å². The van der Waals surface area contributed by atoms with E-state index < -0.39 is 20.0 Å². The summed E-state index contributed by atoms with van der Waals surface area (Å²) < 4.78 is 66.9. The van der Waals surface area contributed by atoms with Gasteiger partial charge in [0.1, 0.15) is 0 Å². The molecule has 0 bridgehead atoms. The van der Waals surface area contributed by atoms with E-state index in [0.29, 0.717) is 30.4 Å². The van der Waals surface area contributed by atoms with E-state index >= 15 is 0 Å². The number of sulfonamides is 2. The molecule has 1 heterocycles. The van der Waals surface area contributed by atoms with Gasteiger partial charge in [-0.1, -0.05) is 19.1 Å². The van der Waals surface area contributed by atoms with Crippen LogP contribution in [0.2, 0.25) is 0 Å². The quantitative estimate of drug-likeness (QED) is 0.520. The summed E-state index contributed by atoms with van der Waals surface area (Å²) in [5.41, 5.74) is 1.64. The van der Waals surface area contributed by atoms with Gasteiger partial charge in [-0.3, -0.25) is 9.44 Å². The molecular formula is C23H24N2O6S2. The molecule has 0 unspecified atom stereocenters. The van der Waals surface area contributed by atoms with E-state index in [1.165, 1.54) is 36.4 Å². The Bertz CT molecular complexity index is 1340. The first-order valence-electron chi connectivity index (χ1n) is 10.4. The molecule has 0 spiro atoms. The zero-order valence-corrected chi connectivity index (χ0v) is 19.6. The van der Waals surface area contributed by atoms with Crippen LogP contribution in [0.3, 0.4) is 0 Å². The van der Waals surface area contributed by atoms with Gasteiger partial charge in [-0.05, 0) is 60.5 Å². The Hall–Kier alpha value is -3.24. The highest BCUT2D eigenvalue weighted by Crippen LogP contribution is 2.32. The molecule has 1 aliphatic rings. The van der Waals surface area contributed by atoms with E-state index in [0.717, 1.165) is 18.4 Å². The van der Waals surface area contributed by atoms with Crippen molar-refractivity contribution in [1.29, 1.82) is 0 Å². The Labute approximate surface area is 193 Å². The third-order valence-corrected chi connectivity index (χ3v) is 7.84. The van der Waals surface area contributed by atoms with Crippen molar-refractivity contribution in [1.82, 2.24) is 0 Å². The molecule has 0 saturated carbocycles. The lowest BCUT2D eigenvalue weighted by molar-refractivity contribution is 0.297. The van der Waals surface area contributed by atoms with Crippen LogP contribution >= 0.6 is 0 Å². The van der Waals surface area contributed by atoms with Crippen LogP contribution in [0.5, 0.6) is 11.5 Å². The van der Waals surface area contributed by atoms with Gasteiger partial charge >= 0.3 is 0 Å². The average molecular weight is 489 g/mol. The number of fused-ring (bicyclic) bond motifs is 1. The van der Waals surface area contributed by atoms with Crippen LogP contribution in [-0.4, -0.2) is 30.0 Å². The Morgan fingerprint density at radius 2 is 1.21 bits per heavy atom. The predicted molar refractivity (Wildman–Crippen MR) is 126 cm³/mol. The lowest BCUT2D eigenvalue weighted by atomic mass is 10.2. The summed E-state index contributed by atoms with van der Waals surface area (Å²) in [4.78, 5) is 0.186. The molecule has 1 aliphatic heterocycles. The summed E-state index contributed by atoms with van der Waals surface area (Å²) in [7, 11) is -7.64. The molecule has 0 radical (unpaired) electrons. The van der Waals surface area contributed by atoms with Crippen molar-refractivity contribution in [2.24, 2.45) is 0 Å². The van der Waals surface area contributed by atoms with Crippen molar-refractivity contribution in [3.05, 3.63) is 72.3 Å². The van der Waals surface area contributed by atoms with Gasteiger partial charge in [0, 0.05) is 23.9 Å². The lowest BCUT2D eigenvalue weighted by Crippen LogP contribution is -2.14. The first-order chi connectivity index (χ1) is 15.8. The van der Waals surface area contributed by atoms with Crippen molar-refractivity contribution < 1.29 is 26.3 Å². The minimum absolute atomic E-state index is 0.0343. The first kappa shape index (κ1) is 22.9. The van der Waals surface area contributed by atoms with Crippen LogP contribution in [-0.2, 0) is 26.5 Å². The second-order valence-corrected chi connectivity index (χ2v) is 10.8. The van der Waals surface area contributed by atoms with Crippen LogP contribution in [0.1, 0.15) is 18.9 Å². The highest BCUT2D eigenvalue weighted by Gasteiger charge is 2.19. The molecule has 4 rings (SSSR count). The summed E-state index contributed by atoms with van der Waals surface area (Å²) >= 11 is 0. The normalized spacial score (nSPS) is 13.7. The minimum atomic E-state index is -3.88. The number of hydrogen-bond acceptors (Lipinski definition) is 6. The van der Waals surface area contributed by atoms with Crippen LogP contribution in [0.25, 0.3) is 0 Å².